The van der Waals surface area contributed by atoms with Gasteiger partial charge in [0, 0.05) is 18.8 Å². The summed E-state index contributed by atoms with van der Waals surface area (Å²) < 4.78 is 2.02. The first-order valence-corrected chi connectivity index (χ1v) is 6.98. The zero-order valence-corrected chi connectivity index (χ0v) is 11.9. The fourth-order valence-electron chi connectivity index (χ4n) is 2.18. The van der Waals surface area contributed by atoms with E-state index in [4.69, 9.17) is 5.73 Å². The Bertz CT molecular complexity index is 435. The summed E-state index contributed by atoms with van der Waals surface area (Å²) in [5, 5.41) is 2.98. The fraction of sp³-hybridized carbons (Fsp3) is 0.643. The average Bonchev–Trinajstić information content (AvgIpc) is 3.11. The lowest BCUT2D eigenvalue weighted by Crippen LogP contribution is -2.27. The van der Waals surface area contributed by atoms with Crippen LogP contribution in [0.25, 0.3) is 0 Å². The number of hydrogen-bond donors (Lipinski definition) is 2. The van der Waals surface area contributed by atoms with E-state index in [9.17, 15) is 4.79 Å². The van der Waals surface area contributed by atoms with Gasteiger partial charge in [-0.05, 0) is 52.4 Å². The van der Waals surface area contributed by atoms with Gasteiger partial charge in [-0.3, -0.25) is 4.79 Å². The molecule has 1 aromatic rings. The van der Waals surface area contributed by atoms with Crippen molar-refractivity contribution in [3.8, 4) is 0 Å². The van der Waals surface area contributed by atoms with E-state index in [1.54, 1.807) is 6.07 Å². The van der Waals surface area contributed by atoms with E-state index in [1.807, 2.05) is 10.8 Å². The maximum atomic E-state index is 12.1. The Morgan fingerprint density at radius 1 is 1.47 bits per heavy atom. The van der Waals surface area contributed by atoms with E-state index in [1.165, 1.54) is 0 Å². The van der Waals surface area contributed by atoms with E-state index < -0.39 is 0 Å². The van der Waals surface area contributed by atoms with Crippen molar-refractivity contribution in [2.24, 2.45) is 0 Å². The molecule has 0 aromatic carbocycles. The summed E-state index contributed by atoms with van der Waals surface area (Å²) in [4.78, 5) is 14.3. The minimum atomic E-state index is -0.00606. The van der Waals surface area contributed by atoms with Gasteiger partial charge in [-0.2, -0.15) is 0 Å². The third kappa shape index (κ3) is 3.99. The molecule has 1 aliphatic carbocycles. The molecule has 19 heavy (non-hydrogen) atoms. The number of nitrogens with one attached hydrogen (secondary N) is 1. The van der Waals surface area contributed by atoms with E-state index in [0.29, 0.717) is 17.4 Å². The number of nitrogens with two attached hydrogens (primary N) is 1. The van der Waals surface area contributed by atoms with Crippen LogP contribution in [0.4, 0.5) is 5.69 Å². The fourth-order valence-corrected chi connectivity index (χ4v) is 2.18. The molecule has 106 valence electrons. The molecule has 1 fully saturated rings. The highest BCUT2D eigenvalue weighted by atomic mass is 16.1. The highest BCUT2D eigenvalue weighted by Crippen LogP contribution is 2.37. The lowest BCUT2D eigenvalue weighted by Gasteiger charge is -2.10. The van der Waals surface area contributed by atoms with Gasteiger partial charge in [0.2, 0.25) is 0 Å². The smallest absolute Gasteiger partial charge is 0.267 e. The van der Waals surface area contributed by atoms with Gasteiger partial charge in [0.25, 0.3) is 5.91 Å². The van der Waals surface area contributed by atoms with Crippen molar-refractivity contribution in [2.45, 2.75) is 31.7 Å². The molecule has 1 aromatic heterocycles. The van der Waals surface area contributed by atoms with Crippen LogP contribution >= 0.6 is 0 Å². The molecule has 1 amide bonds. The number of hydrogen-bond acceptors (Lipinski definition) is 3. The highest BCUT2D eigenvalue weighted by molar-refractivity contribution is 5.93. The molecule has 2 rings (SSSR count). The van der Waals surface area contributed by atoms with Crippen molar-refractivity contribution in [3.63, 3.8) is 0 Å². The first kappa shape index (κ1) is 13.9. The van der Waals surface area contributed by atoms with Crippen molar-refractivity contribution >= 4 is 11.6 Å². The predicted molar refractivity (Wildman–Crippen MR) is 77.2 cm³/mol. The van der Waals surface area contributed by atoms with Crippen molar-refractivity contribution in [3.05, 3.63) is 18.0 Å². The number of amides is 1. The van der Waals surface area contributed by atoms with Crippen LogP contribution in [0.2, 0.25) is 0 Å². The first-order chi connectivity index (χ1) is 9.08. The summed E-state index contributed by atoms with van der Waals surface area (Å²) in [5.41, 5.74) is 7.16. The Balaban J connectivity index is 1.79. The van der Waals surface area contributed by atoms with Crippen LogP contribution in [0.3, 0.4) is 0 Å². The molecule has 5 heteroatoms. The molecular formula is C14H24N4O. The standard InChI is InChI=1S/C14H24N4O/c1-17(2)8-4-3-7-16-14(19)13-9-11(15)10-18(13)12-5-6-12/h9-10,12H,3-8,15H2,1-2H3,(H,16,19). The normalized spacial score (nSPS) is 14.9. The van der Waals surface area contributed by atoms with Crippen LogP contribution in [-0.2, 0) is 0 Å². The van der Waals surface area contributed by atoms with Gasteiger partial charge in [0.05, 0.1) is 5.69 Å². The summed E-state index contributed by atoms with van der Waals surface area (Å²) in [6.45, 7) is 1.78. The zero-order valence-electron chi connectivity index (χ0n) is 11.9. The molecule has 0 atom stereocenters. The Labute approximate surface area is 114 Å². The number of unbranched alkanes of at least 4 members (excludes halogenated alkanes) is 1. The second kappa shape index (κ2) is 6.10. The largest absolute Gasteiger partial charge is 0.397 e. The van der Waals surface area contributed by atoms with Crippen LogP contribution in [0.15, 0.2) is 12.3 Å². The van der Waals surface area contributed by atoms with Gasteiger partial charge in [0.1, 0.15) is 5.69 Å². The number of rotatable bonds is 7. The highest BCUT2D eigenvalue weighted by Gasteiger charge is 2.27. The van der Waals surface area contributed by atoms with Gasteiger partial charge in [-0.1, -0.05) is 0 Å². The monoisotopic (exact) mass is 264 g/mol. The average molecular weight is 264 g/mol. The van der Waals surface area contributed by atoms with E-state index in [-0.39, 0.29) is 5.91 Å². The first-order valence-electron chi connectivity index (χ1n) is 6.98. The molecule has 1 heterocycles. The van der Waals surface area contributed by atoms with Gasteiger partial charge in [-0.25, -0.2) is 0 Å². The topological polar surface area (TPSA) is 63.3 Å². The van der Waals surface area contributed by atoms with Gasteiger partial charge in [0.15, 0.2) is 0 Å². The molecule has 1 aliphatic rings. The van der Waals surface area contributed by atoms with Gasteiger partial charge >= 0.3 is 0 Å². The molecule has 0 spiro atoms. The number of nitrogen functional groups attached to an aromatic ring is 1. The second-order valence-corrected chi connectivity index (χ2v) is 5.56. The molecule has 0 bridgehead atoms. The number of anilines is 1. The minimum Gasteiger partial charge on any atom is -0.397 e. The van der Waals surface area contributed by atoms with Crippen molar-refractivity contribution in [1.29, 1.82) is 0 Å². The summed E-state index contributed by atoms with van der Waals surface area (Å²) in [6.07, 6.45) is 6.27. The molecule has 0 aliphatic heterocycles. The number of carbonyl (C=O) groups is 1. The Kier molecular flexibility index (Phi) is 4.47. The molecule has 0 radical (unpaired) electrons. The Morgan fingerprint density at radius 3 is 2.84 bits per heavy atom. The van der Waals surface area contributed by atoms with Crippen LogP contribution in [0, 0.1) is 0 Å². The van der Waals surface area contributed by atoms with Gasteiger partial charge < -0.3 is 20.5 Å². The number of aromatic nitrogens is 1. The quantitative estimate of drug-likeness (QED) is 0.733. The molecule has 0 unspecified atom stereocenters. The second-order valence-electron chi connectivity index (χ2n) is 5.56. The van der Waals surface area contributed by atoms with E-state index >= 15 is 0 Å². The minimum absolute atomic E-state index is 0.00606. The van der Waals surface area contributed by atoms with Gasteiger partial charge in [-0.15, -0.1) is 0 Å². The summed E-state index contributed by atoms with van der Waals surface area (Å²) in [5.74, 6) is -0.00606. The Hall–Kier alpha value is -1.49. The lowest BCUT2D eigenvalue weighted by atomic mass is 10.3. The van der Waals surface area contributed by atoms with E-state index in [2.05, 4.69) is 24.3 Å². The molecule has 0 saturated heterocycles. The van der Waals surface area contributed by atoms with E-state index in [0.717, 1.165) is 38.8 Å². The summed E-state index contributed by atoms with van der Waals surface area (Å²) in [6, 6.07) is 2.25. The molecule has 5 nitrogen and oxygen atoms in total. The third-order valence-electron chi connectivity index (χ3n) is 3.36. The van der Waals surface area contributed by atoms with Crippen LogP contribution < -0.4 is 11.1 Å². The maximum absolute atomic E-state index is 12.1. The van der Waals surface area contributed by atoms with Crippen molar-refractivity contribution in [2.75, 3.05) is 32.9 Å². The maximum Gasteiger partial charge on any atom is 0.267 e. The molecule has 3 N–H and O–H groups in total. The van der Waals surface area contributed by atoms with Crippen LogP contribution in [0.1, 0.15) is 42.2 Å². The lowest BCUT2D eigenvalue weighted by molar-refractivity contribution is 0.0943. The molecular weight excluding hydrogens is 240 g/mol. The SMILES string of the molecule is CN(C)CCCCNC(=O)c1cc(N)cn1C1CC1. The number of nitrogens with zero attached hydrogens (tertiary/aromatic N) is 2. The van der Waals surface area contributed by atoms with Crippen LogP contribution in [0.5, 0.6) is 0 Å². The molecule has 1 saturated carbocycles. The Morgan fingerprint density at radius 2 is 2.21 bits per heavy atom. The summed E-state index contributed by atoms with van der Waals surface area (Å²) in [7, 11) is 4.12. The predicted octanol–water partition coefficient (Wildman–Crippen LogP) is 1.48. The zero-order chi connectivity index (χ0) is 13.8. The summed E-state index contributed by atoms with van der Waals surface area (Å²) >= 11 is 0. The van der Waals surface area contributed by atoms with Crippen molar-refractivity contribution < 1.29 is 4.79 Å². The third-order valence-corrected chi connectivity index (χ3v) is 3.36. The van der Waals surface area contributed by atoms with Crippen LogP contribution in [-0.4, -0.2) is 42.6 Å². The van der Waals surface area contributed by atoms with Crippen molar-refractivity contribution in [1.82, 2.24) is 14.8 Å². The number of carbonyl (C=O) groups excluding carboxylic acids is 1.